The molecular weight excluding hydrogens is 328 g/mol. The second kappa shape index (κ2) is 8.67. The normalized spacial score (nSPS) is 10.7. The van der Waals surface area contributed by atoms with Crippen LogP contribution in [-0.4, -0.2) is 25.4 Å². The van der Waals surface area contributed by atoms with E-state index < -0.39 is 0 Å². The first-order chi connectivity index (χ1) is 12.8. The van der Waals surface area contributed by atoms with Crippen molar-refractivity contribution in [1.29, 1.82) is 0 Å². The van der Waals surface area contributed by atoms with E-state index in [2.05, 4.69) is 9.98 Å². The van der Waals surface area contributed by atoms with Crippen LogP contribution in [0.1, 0.15) is 11.1 Å². The van der Waals surface area contributed by atoms with Crippen molar-refractivity contribution in [3.63, 3.8) is 0 Å². The van der Waals surface area contributed by atoms with Crippen LogP contribution in [0.25, 0.3) is 0 Å². The predicted octanol–water partition coefficient (Wildman–Crippen LogP) is 4.43. The van der Waals surface area contributed by atoms with E-state index in [0.717, 1.165) is 16.8 Å². The fourth-order valence-corrected chi connectivity index (χ4v) is 2.34. The largest absolute Gasteiger partial charge is 0.493 e. The molecule has 1 heterocycles. The topological polar surface area (TPSA) is 52.9 Å². The van der Waals surface area contributed by atoms with E-state index in [9.17, 15) is 0 Å². The molecule has 2 aromatic carbocycles. The van der Waals surface area contributed by atoms with Crippen LogP contribution < -0.4 is 14.2 Å². The van der Waals surface area contributed by atoms with Crippen LogP contribution in [-0.2, 0) is 6.61 Å². The molecule has 0 radical (unpaired) electrons. The fourth-order valence-electron chi connectivity index (χ4n) is 2.34. The van der Waals surface area contributed by atoms with Gasteiger partial charge < -0.3 is 14.2 Å². The molecule has 3 rings (SSSR count). The SMILES string of the molecule is COc1ccc(N=Cc2ccc(OCc3ccccc3)c(OC)c2)cn1. The van der Waals surface area contributed by atoms with Gasteiger partial charge >= 0.3 is 0 Å². The number of aromatic nitrogens is 1. The second-order valence-corrected chi connectivity index (χ2v) is 5.50. The number of nitrogens with zero attached hydrogens (tertiary/aromatic N) is 2. The van der Waals surface area contributed by atoms with E-state index in [1.165, 1.54) is 0 Å². The minimum atomic E-state index is 0.488. The molecule has 5 heteroatoms. The van der Waals surface area contributed by atoms with Crippen molar-refractivity contribution in [2.45, 2.75) is 6.61 Å². The molecule has 0 bridgehead atoms. The highest BCUT2D eigenvalue weighted by Gasteiger charge is 2.05. The lowest BCUT2D eigenvalue weighted by Crippen LogP contribution is -1.98. The van der Waals surface area contributed by atoms with E-state index in [-0.39, 0.29) is 0 Å². The molecule has 26 heavy (non-hydrogen) atoms. The van der Waals surface area contributed by atoms with Gasteiger partial charge in [0.1, 0.15) is 6.61 Å². The third-order valence-electron chi connectivity index (χ3n) is 3.72. The average Bonchev–Trinajstić information content (AvgIpc) is 2.72. The molecule has 0 saturated carbocycles. The highest BCUT2D eigenvalue weighted by molar-refractivity contribution is 5.83. The number of benzene rings is 2. The Balaban J connectivity index is 1.70. The zero-order valence-electron chi connectivity index (χ0n) is 14.8. The Morgan fingerprint density at radius 1 is 0.923 bits per heavy atom. The predicted molar refractivity (Wildman–Crippen MR) is 102 cm³/mol. The van der Waals surface area contributed by atoms with Crippen LogP contribution >= 0.6 is 0 Å². The van der Waals surface area contributed by atoms with Crippen LogP contribution in [0, 0.1) is 0 Å². The maximum atomic E-state index is 5.86. The molecule has 0 aliphatic carbocycles. The summed E-state index contributed by atoms with van der Waals surface area (Å²) in [7, 11) is 3.21. The maximum Gasteiger partial charge on any atom is 0.213 e. The fraction of sp³-hybridized carbons (Fsp3) is 0.143. The molecule has 1 aromatic heterocycles. The summed E-state index contributed by atoms with van der Waals surface area (Å²) in [6.07, 6.45) is 3.41. The van der Waals surface area contributed by atoms with Gasteiger partial charge in [-0.15, -0.1) is 0 Å². The molecule has 0 N–H and O–H groups in total. The van der Waals surface area contributed by atoms with Gasteiger partial charge in [0.05, 0.1) is 26.1 Å². The summed E-state index contributed by atoms with van der Waals surface area (Å²) in [4.78, 5) is 8.54. The minimum absolute atomic E-state index is 0.488. The first kappa shape index (κ1) is 17.5. The van der Waals surface area contributed by atoms with E-state index >= 15 is 0 Å². The summed E-state index contributed by atoms with van der Waals surface area (Å²) in [5, 5.41) is 0. The molecule has 0 fully saturated rings. The van der Waals surface area contributed by atoms with Gasteiger partial charge in [-0.3, -0.25) is 4.99 Å². The number of ether oxygens (including phenoxy) is 3. The summed E-state index contributed by atoms with van der Waals surface area (Å²) in [6, 6.07) is 19.3. The Bertz CT molecular complexity index is 862. The molecule has 0 amide bonds. The van der Waals surface area contributed by atoms with Crippen molar-refractivity contribution in [2.75, 3.05) is 14.2 Å². The smallest absolute Gasteiger partial charge is 0.213 e. The Labute approximate surface area is 152 Å². The van der Waals surface area contributed by atoms with Gasteiger partial charge in [-0.2, -0.15) is 0 Å². The standard InChI is InChI=1S/C21H20N2O3/c1-24-20-12-17(13-22-18-9-11-21(25-2)23-14-18)8-10-19(20)26-15-16-6-4-3-5-7-16/h3-14H,15H2,1-2H3. The number of aliphatic imine (C=N–C) groups is 1. The lowest BCUT2D eigenvalue weighted by Gasteiger charge is -2.11. The Morgan fingerprint density at radius 3 is 2.46 bits per heavy atom. The van der Waals surface area contributed by atoms with Crippen LogP contribution in [0.15, 0.2) is 71.9 Å². The second-order valence-electron chi connectivity index (χ2n) is 5.50. The van der Waals surface area contributed by atoms with Gasteiger partial charge in [-0.05, 0) is 35.4 Å². The van der Waals surface area contributed by atoms with Crippen LogP contribution in [0.4, 0.5) is 5.69 Å². The minimum Gasteiger partial charge on any atom is -0.493 e. The van der Waals surface area contributed by atoms with Gasteiger partial charge in [0.25, 0.3) is 0 Å². The lowest BCUT2D eigenvalue weighted by molar-refractivity contribution is 0.284. The summed E-state index contributed by atoms with van der Waals surface area (Å²) < 4.78 is 16.3. The number of hydrogen-bond donors (Lipinski definition) is 0. The van der Waals surface area contributed by atoms with Gasteiger partial charge in [-0.25, -0.2) is 4.98 Å². The first-order valence-electron chi connectivity index (χ1n) is 8.17. The number of pyridine rings is 1. The lowest BCUT2D eigenvalue weighted by atomic mass is 10.2. The van der Waals surface area contributed by atoms with E-state index in [0.29, 0.717) is 24.0 Å². The summed E-state index contributed by atoms with van der Waals surface area (Å²) in [6.45, 7) is 0.488. The summed E-state index contributed by atoms with van der Waals surface area (Å²) in [5.41, 5.74) is 2.76. The van der Waals surface area contributed by atoms with E-state index in [1.54, 1.807) is 32.7 Å². The summed E-state index contributed by atoms with van der Waals surface area (Å²) >= 11 is 0. The quantitative estimate of drug-likeness (QED) is 0.593. The molecule has 0 saturated heterocycles. The van der Waals surface area contributed by atoms with Crippen molar-refractivity contribution >= 4 is 11.9 Å². The molecule has 0 atom stereocenters. The zero-order valence-corrected chi connectivity index (χ0v) is 14.8. The Kier molecular flexibility index (Phi) is 5.83. The number of methoxy groups -OCH3 is 2. The highest BCUT2D eigenvalue weighted by Crippen LogP contribution is 2.28. The molecule has 0 unspecified atom stereocenters. The highest BCUT2D eigenvalue weighted by atomic mass is 16.5. The van der Waals surface area contributed by atoms with E-state index in [4.69, 9.17) is 14.2 Å². The molecule has 3 aromatic rings. The molecule has 0 aliphatic rings. The molecule has 0 spiro atoms. The van der Waals surface area contributed by atoms with Crippen molar-refractivity contribution in [2.24, 2.45) is 4.99 Å². The molecule has 5 nitrogen and oxygen atoms in total. The van der Waals surface area contributed by atoms with Crippen LogP contribution in [0.5, 0.6) is 17.4 Å². The Morgan fingerprint density at radius 2 is 1.77 bits per heavy atom. The van der Waals surface area contributed by atoms with Gasteiger partial charge in [0.15, 0.2) is 11.5 Å². The monoisotopic (exact) mass is 348 g/mol. The van der Waals surface area contributed by atoms with Gasteiger partial charge in [0.2, 0.25) is 5.88 Å². The maximum absolute atomic E-state index is 5.86. The van der Waals surface area contributed by atoms with Gasteiger partial charge in [0, 0.05) is 12.3 Å². The molecule has 132 valence electrons. The number of hydrogen-bond acceptors (Lipinski definition) is 5. The first-order valence-corrected chi connectivity index (χ1v) is 8.17. The Hall–Kier alpha value is -3.34. The van der Waals surface area contributed by atoms with Crippen molar-refractivity contribution < 1.29 is 14.2 Å². The third kappa shape index (κ3) is 4.60. The van der Waals surface area contributed by atoms with Crippen molar-refractivity contribution in [3.8, 4) is 17.4 Å². The number of rotatable bonds is 7. The van der Waals surface area contributed by atoms with Crippen molar-refractivity contribution in [3.05, 3.63) is 78.0 Å². The van der Waals surface area contributed by atoms with E-state index in [1.807, 2.05) is 54.6 Å². The van der Waals surface area contributed by atoms with Crippen molar-refractivity contribution in [1.82, 2.24) is 4.98 Å². The van der Waals surface area contributed by atoms with Gasteiger partial charge in [-0.1, -0.05) is 30.3 Å². The van der Waals surface area contributed by atoms with Crippen LogP contribution in [0.3, 0.4) is 0 Å². The van der Waals surface area contributed by atoms with Crippen LogP contribution in [0.2, 0.25) is 0 Å². The third-order valence-corrected chi connectivity index (χ3v) is 3.72. The molecule has 0 aliphatic heterocycles. The zero-order chi connectivity index (χ0) is 18.2. The summed E-state index contributed by atoms with van der Waals surface area (Å²) in [5.74, 6) is 1.92. The molecular formula is C21H20N2O3. The average molecular weight is 348 g/mol.